The first-order valence-corrected chi connectivity index (χ1v) is 12.1. The van der Waals surface area contributed by atoms with Crippen molar-refractivity contribution >= 4 is 8.07 Å². The van der Waals surface area contributed by atoms with E-state index in [4.69, 9.17) is 14.2 Å². The lowest BCUT2D eigenvalue weighted by atomic mass is 9.94. The molecule has 1 aliphatic heterocycles. The summed E-state index contributed by atoms with van der Waals surface area (Å²) in [6.07, 6.45) is 0.819. The molecule has 1 unspecified atom stereocenters. The maximum Gasteiger partial charge on any atom is 0.184 e. The van der Waals surface area contributed by atoms with Gasteiger partial charge in [0.1, 0.15) is 5.75 Å². The first-order chi connectivity index (χ1) is 10.8. The fourth-order valence-electron chi connectivity index (χ4n) is 2.97. The van der Waals surface area contributed by atoms with Crippen molar-refractivity contribution in [3.63, 3.8) is 0 Å². The molecule has 0 aliphatic carbocycles. The van der Waals surface area contributed by atoms with Crippen molar-refractivity contribution in [1.29, 1.82) is 0 Å². The Balaban J connectivity index is 2.00. The highest BCUT2D eigenvalue weighted by Crippen LogP contribution is 2.34. The normalized spacial score (nSPS) is 23.3. The Kier molecular flexibility index (Phi) is 6.06. The van der Waals surface area contributed by atoms with Crippen molar-refractivity contribution in [2.75, 3.05) is 13.7 Å². The van der Waals surface area contributed by atoms with Crippen LogP contribution in [0.1, 0.15) is 25.2 Å². The van der Waals surface area contributed by atoms with E-state index in [0.717, 1.165) is 30.4 Å². The first-order valence-electron chi connectivity index (χ1n) is 8.39. The van der Waals surface area contributed by atoms with E-state index in [1.165, 1.54) is 5.57 Å². The van der Waals surface area contributed by atoms with Crippen LogP contribution in [-0.2, 0) is 9.47 Å². The lowest BCUT2D eigenvalue weighted by Gasteiger charge is -2.35. The van der Waals surface area contributed by atoms with E-state index in [9.17, 15) is 0 Å². The summed E-state index contributed by atoms with van der Waals surface area (Å²) in [4.78, 5) is 0. The lowest BCUT2D eigenvalue weighted by Crippen LogP contribution is -2.34. The van der Waals surface area contributed by atoms with E-state index < -0.39 is 8.07 Å². The third kappa shape index (κ3) is 5.20. The van der Waals surface area contributed by atoms with Gasteiger partial charge in [0.15, 0.2) is 6.29 Å². The summed E-state index contributed by atoms with van der Waals surface area (Å²) in [5.74, 6) is 1.21. The molecule has 1 aromatic carbocycles. The van der Waals surface area contributed by atoms with Crippen LogP contribution in [0.15, 0.2) is 36.4 Å². The van der Waals surface area contributed by atoms with Crippen molar-refractivity contribution in [2.45, 2.75) is 51.4 Å². The maximum absolute atomic E-state index is 6.23. The largest absolute Gasteiger partial charge is 0.497 e. The molecule has 1 fully saturated rings. The maximum atomic E-state index is 6.23. The van der Waals surface area contributed by atoms with Crippen LogP contribution in [0.5, 0.6) is 5.75 Å². The molecule has 0 aromatic heterocycles. The van der Waals surface area contributed by atoms with E-state index in [0.29, 0.717) is 5.92 Å². The van der Waals surface area contributed by atoms with Gasteiger partial charge in [0, 0.05) is 19.6 Å². The summed E-state index contributed by atoms with van der Waals surface area (Å²) in [7, 11) is 0.533. The zero-order chi connectivity index (χ0) is 17.0. The minimum Gasteiger partial charge on any atom is -0.497 e. The third-order valence-electron chi connectivity index (χ3n) is 4.32. The highest BCUT2D eigenvalue weighted by atomic mass is 28.3. The Hall–Kier alpha value is -1.10. The van der Waals surface area contributed by atoms with E-state index in [-0.39, 0.29) is 12.4 Å². The van der Waals surface area contributed by atoms with Crippen LogP contribution in [-0.4, -0.2) is 27.9 Å². The predicted molar refractivity (Wildman–Crippen MR) is 97.6 cm³/mol. The monoisotopic (exact) mass is 334 g/mol. The molecule has 0 amide bonds. The minimum atomic E-state index is -1.14. The van der Waals surface area contributed by atoms with E-state index in [1.807, 2.05) is 24.3 Å². The predicted octanol–water partition coefficient (Wildman–Crippen LogP) is 5.03. The van der Waals surface area contributed by atoms with Gasteiger partial charge in [-0.25, -0.2) is 0 Å². The summed E-state index contributed by atoms with van der Waals surface area (Å²) in [5, 5.41) is 0. The fraction of sp³-hybridized carbons (Fsp3) is 0.579. The number of benzene rings is 1. The highest BCUT2D eigenvalue weighted by molar-refractivity contribution is 6.76. The molecule has 0 saturated carbocycles. The SMILES string of the molecule is C=C(C[Si](C)(C)C)[C@@H](C)[C@H]1CCOC(c2ccc(OC)cc2)O1. The Morgan fingerprint density at radius 3 is 2.52 bits per heavy atom. The molecule has 128 valence electrons. The Labute approximate surface area is 141 Å². The number of methoxy groups -OCH3 is 1. The van der Waals surface area contributed by atoms with Crippen LogP contribution in [0, 0.1) is 5.92 Å². The molecule has 2 rings (SSSR count). The van der Waals surface area contributed by atoms with Crippen LogP contribution in [0.3, 0.4) is 0 Å². The quantitative estimate of drug-likeness (QED) is 0.539. The third-order valence-corrected chi connectivity index (χ3v) is 5.83. The fourth-order valence-corrected chi connectivity index (χ4v) is 4.65. The zero-order valence-corrected chi connectivity index (χ0v) is 16.1. The van der Waals surface area contributed by atoms with Gasteiger partial charge >= 0.3 is 0 Å². The van der Waals surface area contributed by atoms with E-state index in [2.05, 4.69) is 33.1 Å². The molecular weight excluding hydrogens is 304 g/mol. The standard InChI is InChI=1S/C19H30O3Si/c1-14(13-23(4,5)6)15(2)18-11-12-21-19(22-18)16-7-9-17(20-3)10-8-16/h7-10,15,18-19H,1,11-13H2,2-6H3/t15-,18-,19?/m1/s1. The summed E-state index contributed by atoms with van der Waals surface area (Å²) in [6.45, 7) is 14.5. The van der Waals surface area contributed by atoms with Crippen molar-refractivity contribution < 1.29 is 14.2 Å². The molecule has 1 aliphatic rings. The number of hydrogen-bond donors (Lipinski definition) is 0. The molecule has 1 heterocycles. The molecule has 3 nitrogen and oxygen atoms in total. The summed E-state index contributed by atoms with van der Waals surface area (Å²) >= 11 is 0. The van der Waals surface area contributed by atoms with Crippen LogP contribution < -0.4 is 4.74 Å². The molecule has 0 N–H and O–H groups in total. The molecule has 3 atom stereocenters. The summed E-state index contributed by atoms with van der Waals surface area (Å²) < 4.78 is 17.3. The van der Waals surface area contributed by atoms with Gasteiger partial charge in [-0.1, -0.05) is 50.8 Å². The second-order valence-corrected chi connectivity index (χ2v) is 13.1. The molecular formula is C19H30O3Si. The first kappa shape index (κ1) is 18.2. The highest BCUT2D eigenvalue weighted by Gasteiger charge is 2.30. The van der Waals surface area contributed by atoms with Gasteiger partial charge in [0.05, 0.1) is 19.8 Å². The lowest BCUT2D eigenvalue weighted by molar-refractivity contribution is -0.225. The van der Waals surface area contributed by atoms with Crippen molar-refractivity contribution in [2.24, 2.45) is 5.92 Å². The van der Waals surface area contributed by atoms with Crippen molar-refractivity contribution in [3.05, 3.63) is 42.0 Å². The minimum absolute atomic E-state index is 0.180. The number of ether oxygens (including phenoxy) is 3. The Morgan fingerprint density at radius 2 is 1.96 bits per heavy atom. The summed E-state index contributed by atoms with van der Waals surface area (Å²) in [6, 6.07) is 9.06. The van der Waals surface area contributed by atoms with Crippen LogP contribution in [0.4, 0.5) is 0 Å². The topological polar surface area (TPSA) is 27.7 Å². The molecule has 1 aromatic rings. The molecule has 1 saturated heterocycles. The van der Waals surface area contributed by atoms with Gasteiger partial charge in [-0.15, -0.1) is 0 Å². The van der Waals surface area contributed by atoms with E-state index in [1.54, 1.807) is 7.11 Å². The molecule has 0 bridgehead atoms. The van der Waals surface area contributed by atoms with Gasteiger partial charge in [0.2, 0.25) is 0 Å². The zero-order valence-electron chi connectivity index (χ0n) is 15.1. The smallest absolute Gasteiger partial charge is 0.184 e. The van der Waals surface area contributed by atoms with Crippen LogP contribution in [0.2, 0.25) is 25.7 Å². The second-order valence-electron chi connectivity index (χ2n) is 7.62. The van der Waals surface area contributed by atoms with Gasteiger partial charge in [-0.05, 0) is 24.6 Å². The van der Waals surface area contributed by atoms with E-state index >= 15 is 0 Å². The summed E-state index contributed by atoms with van der Waals surface area (Å²) in [5.41, 5.74) is 2.36. The van der Waals surface area contributed by atoms with Gasteiger partial charge in [0.25, 0.3) is 0 Å². The Morgan fingerprint density at radius 1 is 1.30 bits per heavy atom. The van der Waals surface area contributed by atoms with Gasteiger partial charge in [-0.2, -0.15) is 0 Å². The van der Waals surface area contributed by atoms with Crippen LogP contribution in [0.25, 0.3) is 0 Å². The molecule has 0 spiro atoms. The average molecular weight is 335 g/mol. The number of hydrogen-bond acceptors (Lipinski definition) is 3. The molecule has 0 radical (unpaired) electrons. The van der Waals surface area contributed by atoms with Gasteiger partial charge in [-0.3, -0.25) is 0 Å². The van der Waals surface area contributed by atoms with Gasteiger partial charge < -0.3 is 14.2 Å². The molecule has 4 heteroatoms. The van der Waals surface area contributed by atoms with Crippen molar-refractivity contribution in [3.8, 4) is 5.75 Å². The average Bonchev–Trinajstić information content (AvgIpc) is 2.52. The van der Waals surface area contributed by atoms with Crippen LogP contribution >= 0.6 is 0 Å². The number of rotatable bonds is 6. The van der Waals surface area contributed by atoms with Crippen molar-refractivity contribution in [1.82, 2.24) is 0 Å². The molecule has 23 heavy (non-hydrogen) atoms. The second kappa shape index (κ2) is 7.64. The Bertz CT molecular complexity index is 518.